The molecule has 3 nitrogen and oxygen atoms in total. The zero-order valence-corrected chi connectivity index (χ0v) is 10.1. The van der Waals surface area contributed by atoms with Gasteiger partial charge in [-0.3, -0.25) is 4.79 Å². The molecule has 0 spiro atoms. The van der Waals surface area contributed by atoms with E-state index < -0.39 is 0 Å². The van der Waals surface area contributed by atoms with Crippen LogP contribution in [0.3, 0.4) is 0 Å². The maximum absolute atomic E-state index is 12.6. The summed E-state index contributed by atoms with van der Waals surface area (Å²) in [7, 11) is 0. The van der Waals surface area contributed by atoms with E-state index in [0.29, 0.717) is 19.4 Å². The molecule has 0 aliphatic heterocycles. The highest BCUT2D eigenvalue weighted by Crippen LogP contribution is 2.05. The van der Waals surface area contributed by atoms with Crippen molar-refractivity contribution in [1.29, 1.82) is 0 Å². The largest absolute Gasteiger partial charge is 0.355 e. The number of carbonyl (C=O) groups is 1. The van der Waals surface area contributed by atoms with E-state index in [9.17, 15) is 9.18 Å². The lowest BCUT2D eigenvalue weighted by atomic mass is 10.1. The Hall–Kier alpha value is -1.42. The van der Waals surface area contributed by atoms with Crippen LogP contribution in [0.4, 0.5) is 4.39 Å². The molecule has 0 fully saturated rings. The van der Waals surface area contributed by atoms with E-state index in [-0.39, 0.29) is 11.7 Å². The minimum absolute atomic E-state index is 0.0345. The highest BCUT2D eigenvalue weighted by atomic mass is 19.1. The first kappa shape index (κ1) is 13.6. The number of halogens is 1. The summed E-state index contributed by atoms with van der Waals surface area (Å²) in [6, 6.07) is 6.25. The van der Waals surface area contributed by atoms with E-state index in [0.717, 1.165) is 18.7 Å². The van der Waals surface area contributed by atoms with Crippen LogP contribution < -0.4 is 10.6 Å². The number of nitrogens with one attached hydrogen (secondary N) is 2. The summed E-state index contributed by atoms with van der Waals surface area (Å²) in [4.78, 5) is 11.4. The molecule has 17 heavy (non-hydrogen) atoms. The molecule has 0 heterocycles. The second kappa shape index (κ2) is 7.79. The molecule has 0 atom stereocenters. The average Bonchev–Trinajstić information content (AvgIpc) is 2.34. The van der Waals surface area contributed by atoms with Crippen LogP contribution in [0.2, 0.25) is 0 Å². The molecule has 1 aromatic carbocycles. The van der Waals surface area contributed by atoms with Crippen molar-refractivity contribution < 1.29 is 9.18 Å². The van der Waals surface area contributed by atoms with Crippen LogP contribution in [0.1, 0.15) is 18.9 Å². The van der Waals surface area contributed by atoms with Crippen LogP contribution in [0, 0.1) is 5.82 Å². The van der Waals surface area contributed by atoms with Gasteiger partial charge in [-0.25, -0.2) is 4.39 Å². The minimum Gasteiger partial charge on any atom is -0.355 e. The minimum atomic E-state index is -0.246. The van der Waals surface area contributed by atoms with Crippen molar-refractivity contribution in [3.8, 4) is 0 Å². The van der Waals surface area contributed by atoms with Crippen LogP contribution in [-0.2, 0) is 11.2 Å². The predicted molar refractivity (Wildman–Crippen MR) is 66.3 cm³/mol. The van der Waals surface area contributed by atoms with Gasteiger partial charge in [0.1, 0.15) is 5.82 Å². The predicted octanol–water partition coefficient (Wildman–Crippen LogP) is 1.48. The highest BCUT2D eigenvalue weighted by Gasteiger charge is 2.01. The van der Waals surface area contributed by atoms with Gasteiger partial charge >= 0.3 is 0 Å². The Kier molecular flexibility index (Phi) is 6.25. The monoisotopic (exact) mass is 238 g/mol. The fourth-order valence-corrected chi connectivity index (χ4v) is 1.46. The number of carbonyl (C=O) groups excluding carboxylic acids is 1. The van der Waals surface area contributed by atoms with Crippen molar-refractivity contribution in [2.75, 3.05) is 19.6 Å². The average molecular weight is 238 g/mol. The summed E-state index contributed by atoms with van der Waals surface area (Å²) in [5.41, 5.74) is 0.980. The van der Waals surface area contributed by atoms with Crippen LogP contribution >= 0.6 is 0 Å². The molecule has 0 radical (unpaired) electrons. The Morgan fingerprint density at radius 3 is 2.59 bits per heavy atom. The molecule has 0 saturated carbocycles. The van der Waals surface area contributed by atoms with Crippen LogP contribution in [0.5, 0.6) is 0 Å². The number of aryl methyl sites for hydroxylation is 1. The molecular weight excluding hydrogens is 219 g/mol. The molecule has 0 saturated heterocycles. The van der Waals surface area contributed by atoms with Crippen molar-refractivity contribution in [3.63, 3.8) is 0 Å². The molecule has 0 bridgehead atoms. The second-order valence-corrected chi connectivity index (χ2v) is 3.83. The molecule has 2 N–H and O–H groups in total. The van der Waals surface area contributed by atoms with E-state index in [4.69, 9.17) is 0 Å². The third-order valence-corrected chi connectivity index (χ3v) is 2.43. The number of likely N-dealkylation sites (N-methyl/N-ethyl adjacent to an activating group) is 1. The van der Waals surface area contributed by atoms with Crippen molar-refractivity contribution in [3.05, 3.63) is 35.6 Å². The van der Waals surface area contributed by atoms with E-state index >= 15 is 0 Å². The highest BCUT2D eigenvalue weighted by molar-refractivity contribution is 5.76. The fourth-order valence-electron chi connectivity index (χ4n) is 1.46. The summed E-state index contributed by atoms with van der Waals surface area (Å²) in [5, 5.41) is 5.95. The lowest BCUT2D eigenvalue weighted by Crippen LogP contribution is -2.31. The van der Waals surface area contributed by atoms with Gasteiger partial charge in [-0.05, 0) is 30.7 Å². The van der Waals surface area contributed by atoms with Gasteiger partial charge in [0.25, 0.3) is 0 Å². The zero-order valence-electron chi connectivity index (χ0n) is 10.1. The normalized spacial score (nSPS) is 10.2. The van der Waals surface area contributed by atoms with Crippen molar-refractivity contribution in [2.24, 2.45) is 0 Å². The van der Waals surface area contributed by atoms with Gasteiger partial charge in [-0.1, -0.05) is 19.1 Å². The van der Waals surface area contributed by atoms with Crippen molar-refractivity contribution in [1.82, 2.24) is 10.6 Å². The zero-order chi connectivity index (χ0) is 12.5. The summed E-state index contributed by atoms with van der Waals surface area (Å²) >= 11 is 0. The van der Waals surface area contributed by atoms with E-state index in [1.54, 1.807) is 12.1 Å². The molecular formula is C13H19FN2O. The van der Waals surface area contributed by atoms with Gasteiger partial charge in [0, 0.05) is 19.5 Å². The molecule has 0 aliphatic carbocycles. The number of amides is 1. The first-order chi connectivity index (χ1) is 8.22. The molecule has 94 valence electrons. The molecule has 1 amide bonds. The van der Waals surface area contributed by atoms with E-state index in [1.807, 2.05) is 6.92 Å². The fraction of sp³-hybridized carbons (Fsp3) is 0.462. The first-order valence-electron chi connectivity index (χ1n) is 5.94. The summed E-state index contributed by atoms with van der Waals surface area (Å²) < 4.78 is 12.6. The standard InChI is InChI=1S/C13H19FN2O/c1-2-15-9-10-16-13(17)8-5-11-3-6-12(14)7-4-11/h3-4,6-7,15H,2,5,8-10H2,1H3,(H,16,17). The van der Waals surface area contributed by atoms with Crippen LogP contribution in [-0.4, -0.2) is 25.5 Å². The van der Waals surface area contributed by atoms with Crippen LogP contribution in [0.15, 0.2) is 24.3 Å². The number of hydrogen-bond donors (Lipinski definition) is 2. The van der Waals surface area contributed by atoms with Gasteiger partial charge in [0.05, 0.1) is 0 Å². The SMILES string of the molecule is CCNCCNC(=O)CCc1ccc(F)cc1. The topological polar surface area (TPSA) is 41.1 Å². The lowest BCUT2D eigenvalue weighted by Gasteiger charge is -2.05. The Labute approximate surface area is 101 Å². The third kappa shape index (κ3) is 6.02. The van der Waals surface area contributed by atoms with E-state index in [2.05, 4.69) is 10.6 Å². The molecule has 4 heteroatoms. The molecule has 1 rings (SSSR count). The quantitative estimate of drug-likeness (QED) is 0.707. The molecule has 1 aromatic rings. The number of rotatable bonds is 7. The van der Waals surface area contributed by atoms with Gasteiger partial charge in [-0.2, -0.15) is 0 Å². The number of benzene rings is 1. The third-order valence-electron chi connectivity index (χ3n) is 2.43. The summed E-state index contributed by atoms with van der Waals surface area (Å²) in [6.45, 7) is 4.37. The molecule has 0 aromatic heterocycles. The van der Waals surface area contributed by atoms with Gasteiger partial charge in [-0.15, -0.1) is 0 Å². The summed E-state index contributed by atoms with van der Waals surface area (Å²) in [5.74, 6) is -0.212. The lowest BCUT2D eigenvalue weighted by molar-refractivity contribution is -0.121. The maximum atomic E-state index is 12.6. The number of hydrogen-bond acceptors (Lipinski definition) is 2. The summed E-state index contributed by atoms with van der Waals surface area (Å²) in [6.07, 6.45) is 1.09. The maximum Gasteiger partial charge on any atom is 0.220 e. The van der Waals surface area contributed by atoms with Gasteiger partial charge in [0.2, 0.25) is 5.91 Å². The Morgan fingerprint density at radius 1 is 1.24 bits per heavy atom. The Balaban J connectivity index is 2.17. The first-order valence-corrected chi connectivity index (χ1v) is 5.94. The smallest absolute Gasteiger partial charge is 0.220 e. The van der Waals surface area contributed by atoms with Crippen molar-refractivity contribution >= 4 is 5.91 Å². The second-order valence-electron chi connectivity index (χ2n) is 3.83. The Bertz CT molecular complexity index is 338. The van der Waals surface area contributed by atoms with Gasteiger partial charge < -0.3 is 10.6 Å². The van der Waals surface area contributed by atoms with Gasteiger partial charge in [0.15, 0.2) is 0 Å². The Morgan fingerprint density at radius 2 is 1.94 bits per heavy atom. The van der Waals surface area contributed by atoms with Crippen LogP contribution in [0.25, 0.3) is 0 Å². The van der Waals surface area contributed by atoms with E-state index in [1.165, 1.54) is 12.1 Å². The van der Waals surface area contributed by atoms with Crippen molar-refractivity contribution in [2.45, 2.75) is 19.8 Å². The molecule has 0 aliphatic rings. The molecule has 0 unspecified atom stereocenters.